The minimum atomic E-state index is 0.487. The van der Waals surface area contributed by atoms with Crippen molar-refractivity contribution in [1.82, 2.24) is 0 Å². The molecule has 2 rings (SSSR count). The van der Waals surface area contributed by atoms with Gasteiger partial charge in [0.25, 0.3) is 0 Å². The second kappa shape index (κ2) is 2.11. The molecule has 54 valence electrons. The molecule has 0 saturated heterocycles. The average molecular weight is 137 g/mol. The van der Waals surface area contributed by atoms with Crippen LogP contribution in [-0.4, -0.2) is 18.5 Å². The third-order valence-electron chi connectivity index (χ3n) is 1.67. The van der Waals surface area contributed by atoms with Gasteiger partial charge in [-0.2, -0.15) is 0 Å². The zero-order chi connectivity index (χ0) is 6.97. The molecule has 0 aromatic rings. The fourth-order valence-electron chi connectivity index (χ4n) is 0.933. The summed E-state index contributed by atoms with van der Waals surface area (Å²) in [7, 11) is 0. The first kappa shape index (κ1) is 5.96. The van der Waals surface area contributed by atoms with Crippen LogP contribution in [-0.2, 0) is 4.74 Å². The highest BCUT2D eigenvalue weighted by atomic mass is 16.5. The molecule has 0 atom stereocenters. The van der Waals surface area contributed by atoms with Crippen molar-refractivity contribution in [2.45, 2.75) is 25.9 Å². The zero-order valence-electron chi connectivity index (χ0n) is 6.13. The van der Waals surface area contributed by atoms with E-state index < -0.39 is 0 Å². The Balaban J connectivity index is 1.92. The molecule has 1 aliphatic heterocycles. The van der Waals surface area contributed by atoms with Gasteiger partial charge in [-0.1, -0.05) is 0 Å². The Morgan fingerprint density at radius 1 is 1.60 bits per heavy atom. The van der Waals surface area contributed by atoms with Crippen LogP contribution in [0.4, 0.5) is 0 Å². The quantitative estimate of drug-likeness (QED) is 0.537. The summed E-state index contributed by atoms with van der Waals surface area (Å²) in [6, 6.07) is 0. The third kappa shape index (κ3) is 1.20. The maximum Gasteiger partial charge on any atom is 0.209 e. The van der Waals surface area contributed by atoms with E-state index in [1.807, 2.05) is 6.08 Å². The van der Waals surface area contributed by atoms with E-state index in [4.69, 9.17) is 4.74 Å². The van der Waals surface area contributed by atoms with Crippen LogP contribution >= 0.6 is 0 Å². The molecule has 0 unspecified atom stereocenters. The second-order valence-corrected chi connectivity index (χ2v) is 2.96. The van der Waals surface area contributed by atoms with Crippen molar-refractivity contribution >= 4 is 5.90 Å². The van der Waals surface area contributed by atoms with Gasteiger partial charge in [0.05, 0.1) is 6.54 Å². The maximum absolute atomic E-state index is 5.47. The molecule has 1 saturated carbocycles. The Labute approximate surface area is 60.6 Å². The van der Waals surface area contributed by atoms with Crippen molar-refractivity contribution in [1.29, 1.82) is 0 Å². The van der Waals surface area contributed by atoms with Crippen LogP contribution in [0.3, 0.4) is 0 Å². The van der Waals surface area contributed by atoms with Crippen LogP contribution in [0.5, 0.6) is 0 Å². The van der Waals surface area contributed by atoms with Crippen molar-refractivity contribution in [3.8, 4) is 0 Å². The summed E-state index contributed by atoms with van der Waals surface area (Å²) in [5.41, 5.74) is 1.30. The molecule has 0 spiro atoms. The van der Waals surface area contributed by atoms with Gasteiger partial charge in [0, 0.05) is 6.08 Å². The summed E-state index contributed by atoms with van der Waals surface area (Å²) < 4.78 is 5.47. The van der Waals surface area contributed by atoms with Gasteiger partial charge in [0.2, 0.25) is 5.90 Å². The van der Waals surface area contributed by atoms with Gasteiger partial charge in [0.1, 0.15) is 6.10 Å². The van der Waals surface area contributed by atoms with Gasteiger partial charge in [-0.15, -0.1) is 0 Å². The van der Waals surface area contributed by atoms with Gasteiger partial charge in [-0.3, -0.25) is 0 Å². The van der Waals surface area contributed by atoms with Crippen LogP contribution in [0.1, 0.15) is 19.8 Å². The molecule has 1 aliphatic carbocycles. The highest BCUT2D eigenvalue weighted by Crippen LogP contribution is 2.24. The highest BCUT2D eigenvalue weighted by Gasteiger charge is 2.25. The average Bonchev–Trinajstić information content (AvgIpc) is 2.59. The number of ether oxygens (including phenoxy) is 1. The Morgan fingerprint density at radius 3 is 2.90 bits per heavy atom. The SMILES string of the molecule is CC1=CC(OC2CC2)=NC1. The Morgan fingerprint density at radius 2 is 2.40 bits per heavy atom. The summed E-state index contributed by atoms with van der Waals surface area (Å²) in [5, 5.41) is 0. The van der Waals surface area contributed by atoms with E-state index in [1.54, 1.807) is 0 Å². The van der Waals surface area contributed by atoms with Crippen molar-refractivity contribution in [2.24, 2.45) is 4.99 Å². The van der Waals surface area contributed by atoms with E-state index in [0.717, 1.165) is 12.4 Å². The van der Waals surface area contributed by atoms with E-state index in [2.05, 4.69) is 11.9 Å². The molecular weight excluding hydrogens is 126 g/mol. The van der Waals surface area contributed by atoms with Gasteiger partial charge < -0.3 is 4.74 Å². The molecule has 0 radical (unpaired) electrons. The second-order valence-electron chi connectivity index (χ2n) is 2.96. The smallest absolute Gasteiger partial charge is 0.209 e. The molecule has 10 heavy (non-hydrogen) atoms. The molecule has 2 aliphatic rings. The number of hydrogen-bond acceptors (Lipinski definition) is 2. The normalized spacial score (nSPS) is 24.1. The standard InChI is InChI=1S/C8H11NO/c1-6-4-8(9-5-6)10-7-2-3-7/h4,7H,2-3,5H2,1H3. The van der Waals surface area contributed by atoms with E-state index in [1.165, 1.54) is 18.4 Å². The van der Waals surface area contributed by atoms with Crippen molar-refractivity contribution in [3.05, 3.63) is 11.6 Å². The molecule has 2 nitrogen and oxygen atoms in total. The first-order chi connectivity index (χ1) is 4.84. The Bertz CT molecular complexity index is 201. The zero-order valence-corrected chi connectivity index (χ0v) is 6.13. The lowest BCUT2D eigenvalue weighted by Gasteiger charge is -1.98. The lowest BCUT2D eigenvalue weighted by atomic mass is 10.3. The predicted molar refractivity (Wildman–Crippen MR) is 40.2 cm³/mol. The molecule has 2 heteroatoms. The van der Waals surface area contributed by atoms with Gasteiger partial charge >= 0.3 is 0 Å². The van der Waals surface area contributed by atoms with Gasteiger partial charge in [-0.25, -0.2) is 4.99 Å². The van der Waals surface area contributed by atoms with Crippen LogP contribution in [0, 0.1) is 0 Å². The fourth-order valence-corrected chi connectivity index (χ4v) is 0.933. The molecular formula is C8H11NO. The van der Waals surface area contributed by atoms with Crippen molar-refractivity contribution in [2.75, 3.05) is 6.54 Å². The number of aliphatic imine (C=N–C) groups is 1. The number of nitrogens with zero attached hydrogens (tertiary/aromatic N) is 1. The van der Waals surface area contributed by atoms with E-state index in [9.17, 15) is 0 Å². The lowest BCUT2D eigenvalue weighted by Crippen LogP contribution is -2.00. The lowest BCUT2D eigenvalue weighted by molar-refractivity contribution is 0.292. The molecule has 1 fully saturated rings. The summed E-state index contributed by atoms with van der Waals surface area (Å²) in [4.78, 5) is 4.20. The molecule has 0 aromatic carbocycles. The van der Waals surface area contributed by atoms with Gasteiger partial charge in [0.15, 0.2) is 0 Å². The predicted octanol–water partition coefficient (Wildman–Crippen LogP) is 1.52. The maximum atomic E-state index is 5.47. The Hall–Kier alpha value is -0.790. The first-order valence-electron chi connectivity index (χ1n) is 3.73. The monoisotopic (exact) mass is 137 g/mol. The van der Waals surface area contributed by atoms with Crippen LogP contribution in [0.25, 0.3) is 0 Å². The minimum Gasteiger partial charge on any atom is -0.475 e. The molecule has 0 aromatic heterocycles. The van der Waals surface area contributed by atoms with E-state index in [0.29, 0.717) is 6.10 Å². The minimum absolute atomic E-state index is 0.487. The highest BCUT2D eigenvalue weighted by molar-refractivity contribution is 5.90. The van der Waals surface area contributed by atoms with Crippen molar-refractivity contribution < 1.29 is 4.74 Å². The van der Waals surface area contributed by atoms with Crippen LogP contribution < -0.4 is 0 Å². The summed E-state index contributed by atoms with van der Waals surface area (Å²) in [5.74, 6) is 0.847. The largest absolute Gasteiger partial charge is 0.475 e. The Kier molecular flexibility index (Phi) is 1.26. The third-order valence-corrected chi connectivity index (χ3v) is 1.67. The van der Waals surface area contributed by atoms with E-state index >= 15 is 0 Å². The first-order valence-corrected chi connectivity index (χ1v) is 3.73. The molecule has 0 N–H and O–H groups in total. The van der Waals surface area contributed by atoms with Crippen molar-refractivity contribution in [3.63, 3.8) is 0 Å². The number of hydrogen-bond donors (Lipinski definition) is 0. The van der Waals surface area contributed by atoms with Crippen LogP contribution in [0.15, 0.2) is 16.6 Å². The molecule has 0 bridgehead atoms. The fraction of sp³-hybridized carbons (Fsp3) is 0.625. The summed E-state index contributed by atoms with van der Waals surface area (Å²) >= 11 is 0. The number of rotatable bonds is 1. The topological polar surface area (TPSA) is 21.6 Å². The summed E-state index contributed by atoms with van der Waals surface area (Å²) in [6.45, 7) is 2.91. The van der Waals surface area contributed by atoms with Crippen LogP contribution in [0.2, 0.25) is 0 Å². The molecule has 1 heterocycles. The molecule has 0 amide bonds. The van der Waals surface area contributed by atoms with Gasteiger partial charge in [-0.05, 0) is 25.3 Å². The van der Waals surface area contributed by atoms with E-state index in [-0.39, 0.29) is 0 Å². The summed E-state index contributed by atoms with van der Waals surface area (Å²) in [6.07, 6.45) is 4.94.